The van der Waals surface area contributed by atoms with Gasteiger partial charge in [-0.1, -0.05) is 69.6 Å². The van der Waals surface area contributed by atoms with Crippen molar-refractivity contribution in [2.75, 3.05) is 0 Å². The summed E-state index contributed by atoms with van der Waals surface area (Å²) in [6.45, 7) is 12.0. The molecule has 26 heavy (non-hydrogen) atoms. The van der Waals surface area contributed by atoms with E-state index >= 15 is 0 Å². The first-order valence-corrected chi connectivity index (χ1v) is 9.64. The Hall–Kier alpha value is -1.80. The van der Waals surface area contributed by atoms with Crippen molar-refractivity contribution in [1.82, 2.24) is 4.90 Å². The fraction of sp³-hybridized carbons (Fsp3) is 0.435. The van der Waals surface area contributed by atoms with E-state index in [1.807, 2.05) is 35.2 Å². The smallest absolute Gasteiger partial charge is 0.254 e. The lowest BCUT2D eigenvalue weighted by Crippen LogP contribution is -2.40. The van der Waals surface area contributed by atoms with E-state index in [1.165, 1.54) is 0 Å². The Morgan fingerprint density at radius 1 is 1.00 bits per heavy atom. The predicted molar refractivity (Wildman–Crippen MR) is 108 cm³/mol. The van der Waals surface area contributed by atoms with Crippen molar-refractivity contribution >= 4 is 17.5 Å². The maximum absolute atomic E-state index is 13.3. The average molecular weight is 370 g/mol. The highest BCUT2D eigenvalue weighted by Gasteiger charge is 2.67. The molecule has 3 heteroatoms. The summed E-state index contributed by atoms with van der Waals surface area (Å²) in [5.41, 5.74) is 2.29. The third-order valence-corrected chi connectivity index (χ3v) is 6.91. The third-order valence-electron chi connectivity index (χ3n) is 6.65. The van der Waals surface area contributed by atoms with Crippen LogP contribution in [0.1, 0.15) is 50.5 Å². The van der Waals surface area contributed by atoms with Gasteiger partial charge >= 0.3 is 0 Å². The molecule has 3 rings (SSSR count). The van der Waals surface area contributed by atoms with Gasteiger partial charge in [0.15, 0.2) is 0 Å². The number of carbonyl (C=O) groups is 1. The van der Waals surface area contributed by atoms with E-state index in [0.29, 0.717) is 23.0 Å². The summed E-state index contributed by atoms with van der Waals surface area (Å²) in [7, 11) is 0. The largest absolute Gasteiger partial charge is 0.331 e. The molecule has 1 amide bonds. The zero-order valence-electron chi connectivity index (χ0n) is 16.3. The van der Waals surface area contributed by atoms with Crippen LogP contribution in [0, 0.1) is 16.7 Å². The van der Waals surface area contributed by atoms with Crippen molar-refractivity contribution < 1.29 is 4.79 Å². The topological polar surface area (TPSA) is 20.3 Å². The van der Waals surface area contributed by atoms with Gasteiger partial charge in [0, 0.05) is 23.2 Å². The second-order valence-corrected chi connectivity index (χ2v) is 9.02. The molecule has 0 spiro atoms. The summed E-state index contributed by atoms with van der Waals surface area (Å²) < 4.78 is 0. The summed E-state index contributed by atoms with van der Waals surface area (Å²) in [6.07, 6.45) is 0. The molecular weight excluding hydrogens is 342 g/mol. The molecule has 2 aromatic carbocycles. The molecule has 1 aliphatic rings. The van der Waals surface area contributed by atoms with Gasteiger partial charge in [-0.2, -0.15) is 0 Å². The van der Waals surface area contributed by atoms with E-state index in [2.05, 4.69) is 46.8 Å². The summed E-state index contributed by atoms with van der Waals surface area (Å²) in [5, 5.41) is 0.647. The van der Waals surface area contributed by atoms with Crippen LogP contribution < -0.4 is 0 Å². The normalized spacial score (nSPS) is 19.0. The van der Waals surface area contributed by atoms with Crippen LogP contribution >= 0.6 is 11.6 Å². The van der Waals surface area contributed by atoms with Crippen molar-refractivity contribution in [2.24, 2.45) is 16.7 Å². The molecule has 0 radical (unpaired) electrons. The Labute approximate surface area is 162 Å². The highest BCUT2D eigenvalue weighted by atomic mass is 35.5. The van der Waals surface area contributed by atoms with Gasteiger partial charge in [-0.25, -0.2) is 0 Å². The summed E-state index contributed by atoms with van der Waals surface area (Å²) >= 11 is 6.00. The van der Waals surface area contributed by atoms with Gasteiger partial charge in [-0.05, 0) is 53.5 Å². The number of carbonyl (C=O) groups excluding carboxylic acids is 1. The Morgan fingerprint density at radius 3 is 2.04 bits per heavy atom. The van der Waals surface area contributed by atoms with Gasteiger partial charge in [0.1, 0.15) is 0 Å². The lowest BCUT2D eigenvalue weighted by atomic mass is 10.0. The van der Waals surface area contributed by atoms with E-state index in [4.69, 9.17) is 11.6 Å². The minimum Gasteiger partial charge on any atom is -0.331 e. The van der Waals surface area contributed by atoms with E-state index in [9.17, 15) is 4.79 Å². The third kappa shape index (κ3) is 3.27. The van der Waals surface area contributed by atoms with E-state index in [-0.39, 0.29) is 22.8 Å². The van der Waals surface area contributed by atoms with Gasteiger partial charge in [-0.3, -0.25) is 4.79 Å². The maximum atomic E-state index is 13.3. The van der Waals surface area contributed by atoms with E-state index < -0.39 is 0 Å². The van der Waals surface area contributed by atoms with Crippen LogP contribution in [0.2, 0.25) is 5.02 Å². The molecule has 0 aromatic heterocycles. The Bertz CT molecular complexity index is 766. The van der Waals surface area contributed by atoms with Crippen LogP contribution in [0.3, 0.4) is 0 Å². The zero-order chi connectivity index (χ0) is 19.1. The van der Waals surface area contributed by atoms with Crippen molar-refractivity contribution in [3.63, 3.8) is 0 Å². The molecule has 2 nitrogen and oxygen atoms in total. The summed E-state index contributed by atoms with van der Waals surface area (Å²) in [6, 6.07) is 17.6. The maximum Gasteiger partial charge on any atom is 0.254 e. The lowest BCUT2D eigenvalue weighted by Gasteiger charge is -2.31. The average Bonchev–Trinajstić information content (AvgIpc) is 3.02. The Morgan fingerprint density at radius 2 is 1.54 bits per heavy atom. The molecule has 1 fully saturated rings. The highest BCUT2D eigenvalue weighted by molar-refractivity contribution is 6.30. The Balaban J connectivity index is 1.91. The number of halogens is 1. The van der Waals surface area contributed by atoms with Crippen LogP contribution in [0.5, 0.6) is 0 Å². The minimum absolute atomic E-state index is 0.0662. The number of hydrogen-bond donors (Lipinski definition) is 0. The number of benzene rings is 2. The lowest BCUT2D eigenvalue weighted by molar-refractivity contribution is 0.0634. The second-order valence-electron chi connectivity index (χ2n) is 8.59. The first kappa shape index (κ1) is 19.0. The Kier molecular flexibility index (Phi) is 4.92. The van der Waals surface area contributed by atoms with Gasteiger partial charge in [0.2, 0.25) is 0 Å². The van der Waals surface area contributed by atoms with Crippen molar-refractivity contribution in [2.45, 2.75) is 47.2 Å². The molecular formula is C23H28ClNO. The predicted octanol–water partition coefficient (Wildman–Crippen LogP) is 6.05. The van der Waals surface area contributed by atoms with Crippen LogP contribution in [0.15, 0.2) is 54.6 Å². The SMILES string of the molecule is C[C@H](C1C(C)(C)C1(C)C)N(Cc1ccccc1)C(=O)c1ccc(Cl)cc1. The molecule has 0 N–H and O–H groups in total. The summed E-state index contributed by atoms with van der Waals surface area (Å²) in [4.78, 5) is 15.4. The first-order chi connectivity index (χ1) is 12.2. The van der Waals surface area contributed by atoms with Crippen LogP contribution in [0.4, 0.5) is 0 Å². The number of rotatable bonds is 5. The molecule has 0 unspecified atom stereocenters. The highest BCUT2D eigenvalue weighted by Crippen LogP contribution is 2.70. The fourth-order valence-electron chi connectivity index (χ4n) is 4.57. The van der Waals surface area contributed by atoms with Crippen molar-refractivity contribution in [1.29, 1.82) is 0 Å². The molecule has 2 aromatic rings. The molecule has 1 saturated carbocycles. The molecule has 0 aliphatic heterocycles. The second kappa shape index (κ2) is 6.74. The minimum atomic E-state index is 0.0662. The van der Waals surface area contributed by atoms with Gasteiger partial charge < -0.3 is 4.90 Å². The van der Waals surface area contributed by atoms with Crippen molar-refractivity contribution in [3.05, 3.63) is 70.7 Å². The first-order valence-electron chi connectivity index (χ1n) is 9.26. The van der Waals surface area contributed by atoms with E-state index in [1.54, 1.807) is 12.1 Å². The molecule has 138 valence electrons. The fourth-order valence-corrected chi connectivity index (χ4v) is 4.70. The molecule has 0 saturated heterocycles. The zero-order valence-corrected chi connectivity index (χ0v) is 17.0. The van der Waals surface area contributed by atoms with Crippen molar-refractivity contribution in [3.8, 4) is 0 Å². The standard InChI is InChI=1S/C23H28ClNO/c1-16(20-22(2,3)23(20,4)5)25(15-17-9-7-6-8-10-17)21(26)18-11-13-19(24)14-12-18/h6-14,16,20H,15H2,1-5H3/t16-/m1/s1. The number of nitrogens with zero attached hydrogens (tertiary/aromatic N) is 1. The van der Waals surface area contributed by atoms with Gasteiger partial charge in [-0.15, -0.1) is 0 Å². The van der Waals surface area contributed by atoms with Gasteiger partial charge in [0.05, 0.1) is 0 Å². The molecule has 1 aliphatic carbocycles. The number of amides is 1. The van der Waals surface area contributed by atoms with Crippen LogP contribution in [0.25, 0.3) is 0 Å². The van der Waals surface area contributed by atoms with Crippen LogP contribution in [-0.4, -0.2) is 16.8 Å². The molecule has 1 atom stereocenters. The number of hydrogen-bond acceptors (Lipinski definition) is 1. The van der Waals surface area contributed by atoms with Gasteiger partial charge in [0.25, 0.3) is 5.91 Å². The quantitative estimate of drug-likeness (QED) is 0.627. The molecule has 0 bridgehead atoms. The monoisotopic (exact) mass is 369 g/mol. The van der Waals surface area contributed by atoms with E-state index in [0.717, 1.165) is 5.56 Å². The summed E-state index contributed by atoms with van der Waals surface area (Å²) in [5.74, 6) is 0.534. The van der Waals surface area contributed by atoms with Crippen LogP contribution in [-0.2, 0) is 6.54 Å². The molecule has 0 heterocycles.